The van der Waals surface area contributed by atoms with E-state index in [2.05, 4.69) is 16.9 Å². The van der Waals surface area contributed by atoms with Gasteiger partial charge in [-0.1, -0.05) is 24.3 Å². The number of amides is 2. The molecule has 0 saturated carbocycles. The number of carbonyl (C=O) groups is 2. The Bertz CT molecular complexity index is 849. The van der Waals surface area contributed by atoms with Crippen LogP contribution in [-0.2, 0) is 11.2 Å². The maximum atomic E-state index is 12.6. The SMILES string of the molecule is O=C(NNC(=O)C1CCCc2ccccc21)c1ccc2c(c1)OCCO2. The van der Waals surface area contributed by atoms with Crippen LogP contribution in [0.2, 0.25) is 0 Å². The summed E-state index contributed by atoms with van der Waals surface area (Å²) in [5.74, 6) is 0.343. The van der Waals surface area contributed by atoms with E-state index in [0.717, 1.165) is 24.8 Å². The molecule has 0 fully saturated rings. The lowest BCUT2D eigenvalue weighted by atomic mass is 9.82. The van der Waals surface area contributed by atoms with Crippen molar-refractivity contribution in [3.63, 3.8) is 0 Å². The molecule has 2 amide bonds. The van der Waals surface area contributed by atoms with Gasteiger partial charge in [0.1, 0.15) is 13.2 Å². The number of rotatable bonds is 2. The van der Waals surface area contributed by atoms with Gasteiger partial charge in [-0.15, -0.1) is 0 Å². The fourth-order valence-electron chi connectivity index (χ4n) is 3.49. The molecule has 0 radical (unpaired) electrons. The summed E-state index contributed by atoms with van der Waals surface area (Å²) < 4.78 is 10.9. The topological polar surface area (TPSA) is 76.7 Å². The zero-order valence-corrected chi connectivity index (χ0v) is 14.3. The van der Waals surface area contributed by atoms with Crippen molar-refractivity contribution in [1.29, 1.82) is 0 Å². The number of carbonyl (C=O) groups excluding carboxylic acids is 2. The summed E-state index contributed by atoms with van der Waals surface area (Å²) >= 11 is 0. The lowest BCUT2D eigenvalue weighted by Crippen LogP contribution is -2.44. The molecule has 1 unspecified atom stereocenters. The smallest absolute Gasteiger partial charge is 0.269 e. The van der Waals surface area contributed by atoms with Crippen molar-refractivity contribution < 1.29 is 19.1 Å². The third-order valence-electron chi connectivity index (χ3n) is 4.79. The van der Waals surface area contributed by atoms with Gasteiger partial charge in [-0.3, -0.25) is 20.4 Å². The molecule has 6 heteroatoms. The fraction of sp³-hybridized carbons (Fsp3) is 0.300. The molecular formula is C20H20N2O4. The van der Waals surface area contributed by atoms with Crippen LogP contribution in [0.4, 0.5) is 0 Å². The van der Waals surface area contributed by atoms with Crippen LogP contribution in [0.1, 0.15) is 40.2 Å². The Morgan fingerprint density at radius 1 is 0.962 bits per heavy atom. The Balaban J connectivity index is 1.41. The van der Waals surface area contributed by atoms with Crippen LogP contribution in [0, 0.1) is 0 Å². The quantitative estimate of drug-likeness (QED) is 0.814. The first-order chi connectivity index (χ1) is 12.7. The lowest BCUT2D eigenvalue weighted by molar-refractivity contribution is -0.123. The predicted molar refractivity (Wildman–Crippen MR) is 95.2 cm³/mol. The van der Waals surface area contributed by atoms with Crippen molar-refractivity contribution in [2.75, 3.05) is 13.2 Å². The first-order valence-electron chi connectivity index (χ1n) is 8.80. The largest absolute Gasteiger partial charge is 0.486 e. The Morgan fingerprint density at radius 3 is 2.65 bits per heavy atom. The lowest BCUT2D eigenvalue weighted by Gasteiger charge is -2.24. The van der Waals surface area contributed by atoms with Gasteiger partial charge in [-0.25, -0.2) is 0 Å². The van der Waals surface area contributed by atoms with Crippen molar-refractivity contribution >= 4 is 11.8 Å². The summed E-state index contributed by atoms with van der Waals surface area (Å²) in [5, 5.41) is 0. The van der Waals surface area contributed by atoms with E-state index in [1.54, 1.807) is 18.2 Å². The second kappa shape index (κ2) is 7.07. The van der Waals surface area contributed by atoms with Gasteiger partial charge in [0.2, 0.25) is 5.91 Å². The molecule has 2 aromatic rings. The van der Waals surface area contributed by atoms with Crippen LogP contribution in [0.25, 0.3) is 0 Å². The fourth-order valence-corrected chi connectivity index (χ4v) is 3.49. The van der Waals surface area contributed by atoms with Gasteiger partial charge >= 0.3 is 0 Å². The van der Waals surface area contributed by atoms with Crippen LogP contribution in [0.3, 0.4) is 0 Å². The van der Waals surface area contributed by atoms with Gasteiger partial charge < -0.3 is 9.47 Å². The number of hydrogen-bond acceptors (Lipinski definition) is 4. The summed E-state index contributed by atoms with van der Waals surface area (Å²) in [6.45, 7) is 0.952. The van der Waals surface area contributed by atoms with Crippen LogP contribution in [0.15, 0.2) is 42.5 Å². The minimum absolute atomic E-state index is 0.192. The monoisotopic (exact) mass is 352 g/mol. The molecule has 0 aromatic heterocycles. The molecule has 0 saturated heterocycles. The van der Waals surface area contributed by atoms with Gasteiger partial charge in [0.25, 0.3) is 5.91 Å². The van der Waals surface area contributed by atoms with Crippen molar-refractivity contribution in [3.8, 4) is 11.5 Å². The summed E-state index contributed by atoms with van der Waals surface area (Å²) in [6, 6.07) is 12.9. The first kappa shape index (κ1) is 16.4. The van der Waals surface area contributed by atoms with E-state index < -0.39 is 0 Å². The molecule has 4 rings (SSSR count). The number of benzene rings is 2. The van der Waals surface area contributed by atoms with E-state index in [1.807, 2.05) is 18.2 Å². The maximum absolute atomic E-state index is 12.6. The number of fused-ring (bicyclic) bond motifs is 2. The van der Waals surface area contributed by atoms with E-state index in [-0.39, 0.29) is 17.7 Å². The summed E-state index contributed by atoms with van der Waals surface area (Å²) in [5.41, 5.74) is 7.71. The third kappa shape index (κ3) is 3.22. The number of aryl methyl sites for hydroxylation is 1. The van der Waals surface area contributed by atoms with E-state index in [1.165, 1.54) is 5.56 Å². The number of nitrogens with one attached hydrogen (secondary N) is 2. The Labute approximate surface area is 151 Å². The Morgan fingerprint density at radius 2 is 1.77 bits per heavy atom. The first-order valence-corrected chi connectivity index (χ1v) is 8.80. The Hall–Kier alpha value is -3.02. The molecule has 6 nitrogen and oxygen atoms in total. The summed E-state index contributed by atoms with van der Waals surface area (Å²) in [6.07, 6.45) is 2.73. The molecule has 1 aliphatic heterocycles. The predicted octanol–water partition coefficient (Wildman–Crippen LogP) is 2.34. The van der Waals surface area contributed by atoms with E-state index in [9.17, 15) is 9.59 Å². The standard InChI is InChI=1S/C20H20N2O4/c23-19(14-8-9-17-18(12-14)26-11-10-25-17)21-22-20(24)16-7-3-5-13-4-1-2-6-15(13)16/h1-2,4,6,8-9,12,16H,3,5,7,10-11H2,(H,21,23)(H,22,24). The number of hydrogen-bond donors (Lipinski definition) is 2. The number of ether oxygens (including phenoxy) is 2. The third-order valence-corrected chi connectivity index (χ3v) is 4.79. The van der Waals surface area contributed by atoms with Crippen molar-refractivity contribution in [1.82, 2.24) is 10.9 Å². The molecule has 2 aromatic carbocycles. The zero-order valence-electron chi connectivity index (χ0n) is 14.3. The van der Waals surface area contributed by atoms with Gasteiger partial charge in [0, 0.05) is 5.56 Å². The molecule has 2 aliphatic rings. The average molecular weight is 352 g/mol. The highest BCUT2D eigenvalue weighted by atomic mass is 16.6. The summed E-state index contributed by atoms with van der Waals surface area (Å²) in [7, 11) is 0. The average Bonchev–Trinajstić information content (AvgIpc) is 2.71. The zero-order chi connectivity index (χ0) is 17.9. The van der Waals surface area contributed by atoms with Crippen LogP contribution in [0.5, 0.6) is 11.5 Å². The minimum Gasteiger partial charge on any atom is -0.486 e. The molecule has 1 heterocycles. The van der Waals surface area contributed by atoms with Gasteiger partial charge in [0.05, 0.1) is 5.92 Å². The minimum atomic E-state index is -0.389. The molecule has 1 aliphatic carbocycles. The highest BCUT2D eigenvalue weighted by Crippen LogP contribution is 2.32. The van der Waals surface area contributed by atoms with Crippen LogP contribution < -0.4 is 20.3 Å². The molecule has 26 heavy (non-hydrogen) atoms. The normalized spacial score (nSPS) is 17.8. The Kier molecular flexibility index (Phi) is 4.48. The number of hydrazine groups is 1. The molecule has 2 N–H and O–H groups in total. The van der Waals surface area contributed by atoms with Gasteiger partial charge in [-0.2, -0.15) is 0 Å². The van der Waals surface area contributed by atoms with E-state index in [0.29, 0.717) is 30.3 Å². The maximum Gasteiger partial charge on any atom is 0.269 e. The second-order valence-electron chi connectivity index (χ2n) is 6.45. The molecule has 0 bridgehead atoms. The van der Waals surface area contributed by atoms with Crippen LogP contribution >= 0.6 is 0 Å². The van der Waals surface area contributed by atoms with Crippen molar-refractivity contribution in [2.24, 2.45) is 0 Å². The molecule has 0 spiro atoms. The van der Waals surface area contributed by atoms with Crippen molar-refractivity contribution in [2.45, 2.75) is 25.2 Å². The molecule has 1 atom stereocenters. The highest BCUT2D eigenvalue weighted by Gasteiger charge is 2.26. The van der Waals surface area contributed by atoms with Crippen molar-refractivity contribution in [3.05, 3.63) is 59.2 Å². The second-order valence-corrected chi connectivity index (χ2v) is 6.45. The molecular weight excluding hydrogens is 332 g/mol. The van der Waals surface area contributed by atoms with Gasteiger partial charge in [0.15, 0.2) is 11.5 Å². The summed E-state index contributed by atoms with van der Waals surface area (Å²) in [4.78, 5) is 24.9. The van der Waals surface area contributed by atoms with E-state index in [4.69, 9.17) is 9.47 Å². The highest BCUT2D eigenvalue weighted by molar-refractivity contribution is 5.96. The molecule has 134 valence electrons. The van der Waals surface area contributed by atoms with Crippen LogP contribution in [-0.4, -0.2) is 25.0 Å². The van der Waals surface area contributed by atoms with Gasteiger partial charge in [-0.05, 0) is 48.6 Å². The van der Waals surface area contributed by atoms with E-state index >= 15 is 0 Å².